The predicted molar refractivity (Wildman–Crippen MR) is 77.1 cm³/mol. The van der Waals surface area contributed by atoms with Gasteiger partial charge >= 0.3 is 0 Å². The van der Waals surface area contributed by atoms with Crippen LogP contribution >= 0.6 is 34.5 Å². The summed E-state index contributed by atoms with van der Waals surface area (Å²) in [6.45, 7) is 2.59. The van der Waals surface area contributed by atoms with Gasteiger partial charge in [0.25, 0.3) is 0 Å². The highest BCUT2D eigenvalue weighted by Gasteiger charge is 2.03. The van der Waals surface area contributed by atoms with Gasteiger partial charge in [0.2, 0.25) is 0 Å². The van der Waals surface area contributed by atoms with Crippen LogP contribution in [0.4, 0.5) is 0 Å². The zero-order valence-corrected chi connectivity index (χ0v) is 12.3. The molecule has 0 spiro atoms. The summed E-state index contributed by atoms with van der Waals surface area (Å²) in [5.74, 6) is 1.33. The Kier molecular flexibility index (Phi) is 4.87. The largest absolute Gasteiger partial charge is 0.493 e. The Balaban J connectivity index is 1.88. The van der Waals surface area contributed by atoms with Gasteiger partial charge < -0.3 is 4.74 Å². The third-order valence-corrected chi connectivity index (χ3v) is 3.91. The van der Waals surface area contributed by atoms with Crippen LogP contribution in [0.25, 0.3) is 0 Å². The maximum absolute atomic E-state index is 5.89. The van der Waals surface area contributed by atoms with Crippen molar-refractivity contribution in [2.45, 2.75) is 19.2 Å². The second-order valence-corrected chi connectivity index (χ2v) is 5.52. The highest BCUT2D eigenvalue weighted by molar-refractivity contribution is 7.09. The first-order chi connectivity index (χ1) is 8.69. The molecule has 1 heterocycles. The normalized spacial score (nSPS) is 10.6. The number of rotatable bonds is 5. The average Bonchev–Trinajstić information content (AvgIpc) is 2.80. The molecule has 0 saturated carbocycles. The Morgan fingerprint density at radius 3 is 2.89 bits per heavy atom. The smallest absolute Gasteiger partial charge is 0.122 e. The molecule has 96 valence electrons. The van der Waals surface area contributed by atoms with E-state index in [4.69, 9.17) is 27.9 Å². The van der Waals surface area contributed by atoms with Gasteiger partial charge in [0, 0.05) is 16.8 Å². The Morgan fingerprint density at radius 1 is 1.39 bits per heavy atom. The molecule has 0 N–H and O–H groups in total. The fourth-order valence-electron chi connectivity index (χ4n) is 1.55. The van der Waals surface area contributed by atoms with E-state index in [2.05, 4.69) is 4.98 Å². The summed E-state index contributed by atoms with van der Waals surface area (Å²) >= 11 is 13.2. The molecule has 2 nitrogen and oxygen atoms in total. The monoisotopic (exact) mass is 301 g/mol. The van der Waals surface area contributed by atoms with E-state index in [-0.39, 0.29) is 0 Å². The average molecular weight is 302 g/mol. The van der Waals surface area contributed by atoms with E-state index in [9.17, 15) is 0 Å². The summed E-state index contributed by atoms with van der Waals surface area (Å²) in [6, 6.07) is 5.62. The van der Waals surface area contributed by atoms with Crippen LogP contribution in [0.1, 0.15) is 16.3 Å². The van der Waals surface area contributed by atoms with E-state index in [1.807, 2.05) is 30.5 Å². The molecular weight excluding hydrogens is 289 g/mol. The van der Waals surface area contributed by atoms with E-state index < -0.39 is 0 Å². The molecule has 0 aliphatic heterocycles. The molecular formula is C13H13Cl2NOS. The lowest BCUT2D eigenvalue weighted by molar-refractivity contribution is 0.319. The van der Waals surface area contributed by atoms with Crippen LogP contribution in [0.2, 0.25) is 5.02 Å². The number of halogens is 2. The van der Waals surface area contributed by atoms with Gasteiger partial charge in [0.15, 0.2) is 0 Å². The molecule has 5 heteroatoms. The summed E-state index contributed by atoms with van der Waals surface area (Å²) in [7, 11) is 0. The standard InChI is InChI=1S/C13H13Cl2NOS/c1-9-6-10(15)2-3-12(9)17-5-4-13-16-11(7-14)8-18-13/h2-3,6,8H,4-5,7H2,1H3. The molecule has 0 amide bonds. The number of aryl methyl sites for hydroxylation is 1. The first kappa shape index (κ1) is 13.7. The molecule has 1 aromatic carbocycles. The molecule has 0 aliphatic rings. The number of benzene rings is 1. The minimum Gasteiger partial charge on any atom is -0.493 e. The van der Waals surface area contributed by atoms with Crippen LogP contribution in [0.3, 0.4) is 0 Å². The van der Waals surface area contributed by atoms with Crippen molar-refractivity contribution in [1.29, 1.82) is 0 Å². The van der Waals surface area contributed by atoms with Crippen molar-refractivity contribution in [3.63, 3.8) is 0 Å². The molecule has 0 aliphatic carbocycles. The zero-order valence-electron chi connectivity index (χ0n) is 9.95. The van der Waals surface area contributed by atoms with Gasteiger partial charge in [0.05, 0.1) is 23.2 Å². The van der Waals surface area contributed by atoms with E-state index in [1.54, 1.807) is 11.3 Å². The quantitative estimate of drug-likeness (QED) is 0.760. The second kappa shape index (κ2) is 6.41. The van der Waals surface area contributed by atoms with E-state index in [0.717, 1.165) is 33.5 Å². The Morgan fingerprint density at radius 2 is 2.22 bits per heavy atom. The SMILES string of the molecule is Cc1cc(Cl)ccc1OCCc1nc(CCl)cs1. The summed E-state index contributed by atoms with van der Waals surface area (Å²) in [5.41, 5.74) is 1.97. The van der Waals surface area contributed by atoms with Crippen molar-refractivity contribution in [3.8, 4) is 5.75 Å². The topological polar surface area (TPSA) is 22.1 Å². The van der Waals surface area contributed by atoms with Crippen LogP contribution in [0.15, 0.2) is 23.6 Å². The van der Waals surface area contributed by atoms with Crippen LogP contribution in [-0.2, 0) is 12.3 Å². The number of alkyl halides is 1. The predicted octanol–water partition coefficient (Wildman–Crippen LogP) is 4.47. The second-order valence-electron chi connectivity index (χ2n) is 3.87. The number of ether oxygens (including phenoxy) is 1. The third kappa shape index (κ3) is 3.61. The van der Waals surface area contributed by atoms with E-state index in [1.165, 1.54) is 0 Å². The van der Waals surface area contributed by atoms with Crippen LogP contribution in [0.5, 0.6) is 5.75 Å². The minimum atomic E-state index is 0.466. The lowest BCUT2D eigenvalue weighted by atomic mass is 10.2. The minimum absolute atomic E-state index is 0.466. The summed E-state index contributed by atoms with van der Waals surface area (Å²) in [4.78, 5) is 4.38. The van der Waals surface area contributed by atoms with Gasteiger partial charge in [-0.1, -0.05) is 11.6 Å². The summed E-state index contributed by atoms with van der Waals surface area (Å²) in [5, 5.41) is 3.76. The first-order valence-corrected chi connectivity index (χ1v) is 7.36. The molecule has 0 radical (unpaired) electrons. The van der Waals surface area contributed by atoms with Crippen molar-refractivity contribution in [1.82, 2.24) is 4.98 Å². The van der Waals surface area contributed by atoms with Gasteiger partial charge in [-0.3, -0.25) is 0 Å². The highest BCUT2D eigenvalue weighted by Crippen LogP contribution is 2.22. The van der Waals surface area contributed by atoms with Crippen LogP contribution in [0, 0.1) is 6.92 Å². The van der Waals surface area contributed by atoms with Gasteiger partial charge in [-0.2, -0.15) is 0 Å². The van der Waals surface area contributed by atoms with Crippen molar-refractivity contribution in [2.24, 2.45) is 0 Å². The van der Waals surface area contributed by atoms with E-state index in [0.29, 0.717) is 12.5 Å². The van der Waals surface area contributed by atoms with Crippen molar-refractivity contribution in [3.05, 3.63) is 44.9 Å². The molecule has 0 unspecified atom stereocenters. The molecule has 2 rings (SSSR count). The molecule has 0 fully saturated rings. The van der Waals surface area contributed by atoms with Gasteiger partial charge in [-0.05, 0) is 30.7 Å². The van der Waals surface area contributed by atoms with Crippen molar-refractivity contribution in [2.75, 3.05) is 6.61 Å². The fourth-order valence-corrected chi connectivity index (χ4v) is 2.78. The number of thiazole rings is 1. The molecule has 0 atom stereocenters. The molecule has 0 bridgehead atoms. The summed E-state index contributed by atoms with van der Waals surface area (Å²) in [6.07, 6.45) is 0.795. The molecule has 0 saturated heterocycles. The van der Waals surface area contributed by atoms with E-state index >= 15 is 0 Å². The number of nitrogens with zero attached hydrogens (tertiary/aromatic N) is 1. The fraction of sp³-hybridized carbons (Fsp3) is 0.308. The van der Waals surface area contributed by atoms with Crippen molar-refractivity contribution < 1.29 is 4.74 Å². The number of hydrogen-bond donors (Lipinski definition) is 0. The molecule has 2 aromatic rings. The third-order valence-electron chi connectivity index (χ3n) is 2.45. The highest BCUT2D eigenvalue weighted by atomic mass is 35.5. The maximum Gasteiger partial charge on any atom is 0.122 e. The number of hydrogen-bond acceptors (Lipinski definition) is 3. The zero-order chi connectivity index (χ0) is 13.0. The molecule has 1 aromatic heterocycles. The Hall–Kier alpha value is -0.770. The Labute approximate surface area is 121 Å². The van der Waals surface area contributed by atoms with Gasteiger partial charge in [-0.15, -0.1) is 22.9 Å². The van der Waals surface area contributed by atoms with Crippen LogP contribution < -0.4 is 4.74 Å². The molecule has 18 heavy (non-hydrogen) atoms. The Bertz CT molecular complexity index is 527. The van der Waals surface area contributed by atoms with Gasteiger partial charge in [0.1, 0.15) is 5.75 Å². The van der Waals surface area contributed by atoms with Crippen molar-refractivity contribution >= 4 is 34.5 Å². The maximum atomic E-state index is 5.89. The van der Waals surface area contributed by atoms with Crippen LogP contribution in [-0.4, -0.2) is 11.6 Å². The first-order valence-electron chi connectivity index (χ1n) is 5.57. The van der Waals surface area contributed by atoms with Gasteiger partial charge in [-0.25, -0.2) is 4.98 Å². The number of aromatic nitrogens is 1. The lowest BCUT2D eigenvalue weighted by Gasteiger charge is -2.08. The summed E-state index contributed by atoms with van der Waals surface area (Å²) < 4.78 is 5.71. The lowest BCUT2D eigenvalue weighted by Crippen LogP contribution is -2.02.